The number of carboxylic acids is 1. The Hall–Kier alpha value is -3.66. The zero-order chi connectivity index (χ0) is 19.7. The fourth-order valence-corrected chi connectivity index (χ4v) is 3.46. The highest BCUT2D eigenvalue weighted by molar-refractivity contribution is 7.17. The van der Waals surface area contributed by atoms with E-state index in [0.717, 1.165) is 11.3 Å². The van der Waals surface area contributed by atoms with E-state index in [0.29, 0.717) is 33.5 Å². The van der Waals surface area contributed by atoms with E-state index < -0.39 is 11.8 Å². The number of carboxylic acid groups (broad SMARTS) is 1. The lowest BCUT2D eigenvalue weighted by Gasteiger charge is -2.12. The lowest BCUT2D eigenvalue weighted by atomic mass is 10.2. The van der Waals surface area contributed by atoms with Gasteiger partial charge in [0.25, 0.3) is 0 Å². The van der Waals surface area contributed by atoms with Crippen molar-refractivity contribution in [2.45, 2.75) is 6.92 Å². The Morgan fingerprint density at radius 3 is 2.79 bits per heavy atom. The first-order valence-corrected chi connectivity index (χ1v) is 8.85. The van der Waals surface area contributed by atoms with E-state index in [-0.39, 0.29) is 4.88 Å². The highest BCUT2D eigenvalue weighted by Gasteiger charge is 2.17. The summed E-state index contributed by atoms with van der Waals surface area (Å²) in [5.41, 5.74) is 1.62. The predicted molar refractivity (Wildman–Crippen MR) is 98.4 cm³/mol. The van der Waals surface area contributed by atoms with E-state index in [9.17, 15) is 14.3 Å². The summed E-state index contributed by atoms with van der Waals surface area (Å²) >= 11 is 1.08. The number of carbonyl (C=O) groups is 1. The summed E-state index contributed by atoms with van der Waals surface area (Å²) < 4.78 is 20.7. The molecular weight excluding hydrogens is 385 g/mol. The van der Waals surface area contributed by atoms with E-state index in [1.165, 1.54) is 23.1 Å². The Labute approximate surface area is 161 Å². The van der Waals surface area contributed by atoms with Crippen molar-refractivity contribution in [1.29, 1.82) is 0 Å². The van der Waals surface area contributed by atoms with Gasteiger partial charge in [0.2, 0.25) is 0 Å². The molecule has 0 bridgehead atoms. The van der Waals surface area contributed by atoms with Crippen molar-refractivity contribution in [3.05, 3.63) is 65.2 Å². The Morgan fingerprint density at radius 2 is 2.11 bits per heavy atom. The van der Waals surface area contributed by atoms with Gasteiger partial charge in [-0.15, -0.1) is 16.4 Å². The number of hydrogen-bond donors (Lipinski definition) is 1. The first-order valence-electron chi connectivity index (χ1n) is 8.03. The van der Waals surface area contributed by atoms with Gasteiger partial charge in [-0.2, -0.15) is 4.68 Å². The Morgan fingerprint density at radius 1 is 1.25 bits per heavy atom. The minimum Gasteiger partial charge on any atom is -0.477 e. The number of aromatic nitrogens is 5. The number of hydrogen-bond acceptors (Lipinski definition) is 7. The van der Waals surface area contributed by atoms with Crippen molar-refractivity contribution >= 4 is 17.3 Å². The molecule has 0 amide bonds. The van der Waals surface area contributed by atoms with Crippen LogP contribution in [-0.4, -0.2) is 36.3 Å². The van der Waals surface area contributed by atoms with Crippen LogP contribution < -0.4 is 4.74 Å². The monoisotopic (exact) mass is 397 g/mol. The predicted octanol–water partition coefficient (Wildman–Crippen LogP) is 3.72. The standard InChI is InChI=1S/C18H12FN5O3S/c1-10-16(18(25)26)28-17(21-10)11-5-6-15(14(7-11)24-9-20-22-23-24)27-13-4-2-3-12(19)8-13/h2-9H,1H3,(H,25,26). The number of aromatic carboxylic acids is 1. The summed E-state index contributed by atoms with van der Waals surface area (Å²) in [6, 6.07) is 10.9. The summed E-state index contributed by atoms with van der Waals surface area (Å²) in [6.45, 7) is 1.65. The topological polar surface area (TPSA) is 103 Å². The average molecular weight is 397 g/mol. The van der Waals surface area contributed by atoms with E-state index in [1.54, 1.807) is 37.3 Å². The molecule has 140 valence electrons. The number of thiazole rings is 1. The Balaban J connectivity index is 1.78. The first kappa shape index (κ1) is 17.7. The second kappa shape index (κ2) is 7.16. The molecule has 0 aliphatic rings. The average Bonchev–Trinajstić information content (AvgIpc) is 3.32. The molecule has 2 aromatic heterocycles. The maximum absolute atomic E-state index is 13.5. The lowest BCUT2D eigenvalue weighted by Crippen LogP contribution is -1.99. The van der Waals surface area contributed by atoms with Crippen molar-refractivity contribution in [2.75, 3.05) is 0 Å². The largest absolute Gasteiger partial charge is 0.477 e. The molecule has 0 aliphatic carbocycles. The summed E-state index contributed by atoms with van der Waals surface area (Å²) in [4.78, 5) is 15.8. The van der Waals surface area contributed by atoms with Gasteiger partial charge >= 0.3 is 5.97 Å². The molecule has 28 heavy (non-hydrogen) atoms. The molecule has 8 nitrogen and oxygen atoms in total. The van der Waals surface area contributed by atoms with Gasteiger partial charge in [-0.1, -0.05) is 6.07 Å². The molecule has 0 aliphatic heterocycles. The molecule has 10 heteroatoms. The number of nitrogens with zero attached hydrogens (tertiary/aromatic N) is 5. The molecule has 4 aromatic rings. The SMILES string of the molecule is Cc1nc(-c2ccc(Oc3cccc(F)c3)c(-n3cnnn3)c2)sc1C(=O)O. The molecular formula is C18H12FN5O3S. The van der Waals surface area contributed by atoms with Crippen LogP contribution in [0.3, 0.4) is 0 Å². The van der Waals surface area contributed by atoms with Crippen LogP contribution in [0.1, 0.15) is 15.4 Å². The van der Waals surface area contributed by atoms with Crippen molar-refractivity contribution in [1.82, 2.24) is 25.2 Å². The zero-order valence-electron chi connectivity index (χ0n) is 14.4. The molecule has 1 N–H and O–H groups in total. The lowest BCUT2D eigenvalue weighted by molar-refractivity contribution is 0.0701. The van der Waals surface area contributed by atoms with Crippen LogP contribution in [0, 0.1) is 12.7 Å². The second-order valence-electron chi connectivity index (χ2n) is 5.74. The third kappa shape index (κ3) is 3.45. The molecule has 0 atom stereocenters. The summed E-state index contributed by atoms with van der Waals surface area (Å²) in [6.07, 6.45) is 1.40. The van der Waals surface area contributed by atoms with Gasteiger partial charge in [-0.05, 0) is 47.7 Å². The summed E-state index contributed by atoms with van der Waals surface area (Å²) in [5.74, 6) is -0.723. The van der Waals surface area contributed by atoms with Crippen LogP contribution in [0.5, 0.6) is 11.5 Å². The molecule has 0 saturated carbocycles. The van der Waals surface area contributed by atoms with Crippen molar-refractivity contribution in [3.8, 4) is 27.8 Å². The number of tetrazole rings is 1. The molecule has 0 saturated heterocycles. The highest BCUT2D eigenvalue weighted by atomic mass is 32.1. The summed E-state index contributed by atoms with van der Waals surface area (Å²) in [7, 11) is 0. The van der Waals surface area contributed by atoms with Crippen LogP contribution in [0.25, 0.3) is 16.3 Å². The zero-order valence-corrected chi connectivity index (χ0v) is 15.2. The maximum Gasteiger partial charge on any atom is 0.347 e. The van der Waals surface area contributed by atoms with Crippen LogP contribution in [-0.2, 0) is 0 Å². The van der Waals surface area contributed by atoms with Crippen LogP contribution >= 0.6 is 11.3 Å². The smallest absolute Gasteiger partial charge is 0.347 e. The van der Waals surface area contributed by atoms with E-state index >= 15 is 0 Å². The number of benzene rings is 2. The minimum absolute atomic E-state index is 0.180. The normalized spacial score (nSPS) is 10.8. The number of aryl methyl sites for hydroxylation is 1. The van der Waals surface area contributed by atoms with Gasteiger partial charge in [0.15, 0.2) is 5.75 Å². The van der Waals surface area contributed by atoms with E-state index in [2.05, 4.69) is 20.5 Å². The third-order valence-corrected chi connectivity index (χ3v) is 5.01. The fraction of sp³-hybridized carbons (Fsp3) is 0.0556. The van der Waals surface area contributed by atoms with E-state index in [4.69, 9.17) is 4.74 Å². The molecule has 2 aromatic carbocycles. The quantitative estimate of drug-likeness (QED) is 0.547. The van der Waals surface area contributed by atoms with Gasteiger partial charge in [0.1, 0.15) is 33.5 Å². The number of ether oxygens (including phenoxy) is 1. The second-order valence-corrected chi connectivity index (χ2v) is 6.73. The van der Waals surface area contributed by atoms with E-state index in [1.807, 2.05) is 0 Å². The van der Waals surface area contributed by atoms with Crippen LogP contribution in [0.4, 0.5) is 4.39 Å². The first-order chi connectivity index (χ1) is 13.5. The molecule has 4 rings (SSSR count). The summed E-state index contributed by atoms with van der Waals surface area (Å²) in [5, 5.41) is 20.9. The van der Waals surface area contributed by atoms with Gasteiger partial charge in [0, 0.05) is 11.6 Å². The Bertz CT molecular complexity index is 1160. The number of halogens is 1. The molecule has 0 spiro atoms. The van der Waals surface area contributed by atoms with Crippen LogP contribution in [0.2, 0.25) is 0 Å². The molecule has 0 unspecified atom stereocenters. The highest BCUT2D eigenvalue weighted by Crippen LogP contribution is 2.34. The van der Waals surface area contributed by atoms with Gasteiger partial charge in [-0.3, -0.25) is 0 Å². The minimum atomic E-state index is -1.02. The third-order valence-electron chi connectivity index (χ3n) is 3.82. The van der Waals surface area contributed by atoms with Crippen molar-refractivity contribution in [3.63, 3.8) is 0 Å². The van der Waals surface area contributed by atoms with Crippen molar-refractivity contribution in [2.24, 2.45) is 0 Å². The van der Waals surface area contributed by atoms with Gasteiger partial charge < -0.3 is 9.84 Å². The molecule has 0 radical (unpaired) electrons. The molecule has 2 heterocycles. The van der Waals surface area contributed by atoms with Gasteiger partial charge in [-0.25, -0.2) is 14.2 Å². The maximum atomic E-state index is 13.5. The fourth-order valence-electron chi connectivity index (χ4n) is 2.56. The Kier molecular flexibility index (Phi) is 4.53. The molecule has 0 fully saturated rings. The van der Waals surface area contributed by atoms with Crippen molar-refractivity contribution < 1.29 is 19.0 Å². The number of rotatable bonds is 5. The van der Waals surface area contributed by atoms with Crippen LogP contribution in [0.15, 0.2) is 48.8 Å². The van der Waals surface area contributed by atoms with Gasteiger partial charge in [0.05, 0.1) is 5.69 Å².